The molecule has 2 rings (SSSR count). The van der Waals surface area contributed by atoms with Crippen LogP contribution in [-0.4, -0.2) is 10.9 Å². The summed E-state index contributed by atoms with van der Waals surface area (Å²) in [6.07, 6.45) is 1.30. The number of aromatic nitrogens is 1. The fourth-order valence-electron chi connectivity index (χ4n) is 1.54. The van der Waals surface area contributed by atoms with Crippen molar-refractivity contribution in [2.75, 3.05) is 5.73 Å². The molecule has 19 heavy (non-hydrogen) atoms. The van der Waals surface area contributed by atoms with Gasteiger partial charge >= 0.3 is 0 Å². The third-order valence-corrected chi connectivity index (χ3v) is 2.82. The summed E-state index contributed by atoms with van der Waals surface area (Å²) in [7, 11) is 0. The van der Waals surface area contributed by atoms with Gasteiger partial charge in [0.05, 0.1) is 10.6 Å². The predicted molar refractivity (Wildman–Crippen MR) is 71.2 cm³/mol. The number of pyridine rings is 1. The second kappa shape index (κ2) is 5.67. The van der Waals surface area contributed by atoms with Gasteiger partial charge < -0.3 is 11.1 Å². The molecule has 0 aliphatic carbocycles. The van der Waals surface area contributed by atoms with Crippen molar-refractivity contribution in [3.63, 3.8) is 0 Å². The van der Waals surface area contributed by atoms with Crippen LogP contribution in [0.2, 0.25) is 5.02 Å². The summed E-state index contributed by atoms with van der Waals surface area (Å²) < 4.78 is 13.4. The Balaban J connectivity index is 2.10. The fourth-order valence-corrected chi connectivity index (χ4v) is 1.73. The zero-order chi connectivity index (χ0) is 13.8. The number of amides is 1. The van der Waals surface area contributed by atoms with Crippen molar-refractivity contribution >= 4 is 23.3 Å². The number of anilines is 1. The molecule has 4 nitrogen and oxygen atoms in total. The van der Waals surface area contributed by atoms with Gasteiger partial charge in [0.2, 0.25) is 0 Å². The van der Waals surface area contributed by atoms with Crippen LogP contribution in [0.15, 0.2) is 36.5 Å². The molecule has 0 atom stereocenters. The second-order valence-corrected chi connectivity index (χ2v) is 4.27. The lowest BCUT2D eigenvalue weighted by molar-refractivity contribution is 0.0950. The van der Waals surface area contributed by atoms with Crippen LogP contribution >= 0.6 is 11.6 Å². The van der Waals surface area contributed by atoms with Gasteiger partial charge in [0.15, 0.2) is 0 Å². The van der Waals surface area contributed by atoms with Crippen molar-refractivity contribution in [3.05, 3.63) is 58.5 Å². The van der Waals surface area contributed by atoms with Crippen molar-refractivity contribution in [1.82, 2.24) is 10.3 Å². The molecule has 0 aliphatic heterocycles. The Kier molecular flexibility index (Phi) is 3.97. The molecule has 1 aromatic carbocycles. The summed E-state index contributed by atoms with van der Waals surface area (Å²) in [6.45, 7) is 0.0735. The smallest absolute Gasteiger partial charge is 0.253 e. The first-order chi connectivity index (χ1) is 9.08. The zero-order valence-electron chi connectivity index (χ0n) is 9.86. The Morgan fingerprint density at radius 3 is 2.89 bits per heavy atom. The van der Waals surface area contributed by atoms with Crippen LogP contribution in [0.5, 0.6) is 0 Å². The maximum Gasteiger partial charge on any atom is 0.253 e. The number of carbonyl (C=O) groups is 1. The van der Waals surface area contributed by atoms with Gasteiger partial charge in [0.1, 0.15) is 11.6 Å². The number of nitrogens with one attached hydrogen (secondary N) is 1. The molecule has 0 aliphatic rings. The summed E-state index contributed by atoms with van der Waals surface area (Å²) in [4.78, 5) is 15.7. The van der Waals surface area contributed by atoms with Crippen LogP contribution in [0.3, 0.4) is 0 Å². The van der Waals surface area contributed by atoms with Crippen LogP contribution in [0, 0.1) is 5.82 Å². The lowest BCUT2D eigenvalue weighted by Gasteiger charge is -2.07. The van der Waals surface area contributed by atoms with Crippen molar-refractivity contribution in [1.29, 1.82) is 0 Å². The van der Waals surface area contributed by atoms with E-state index in [9.17, 15) is 9.18 Å². The van der Waals surface area contributed by atoms with Crippen LogP contribution in [-0.2, 0) is 6.54 Å². The molecule has 1 aromatic heterocycles. The molecule has 0 radical (unpaired) electrons. The molecule has 0 fully saturated rings. The lowest BCUT2D eigenvalue weighted by Crippen LogP contribution is -2.23. The van der Waals surface area contributed by atoms with Crippen molar-refractivity contribution in [2.24, 2.45) is 0 Å². The van der Waals surface area contributed by atoms with E-state index < -0.39 is 5.91 Å². The molecule has 2 aromatic rings. The topological polar surface area (TPSA) is 68.0 Å². The minimum absolute atomic E-state index is 0.0735. The third-order valence-electron chi connectivity index (χ3n) is 2.52. The first-order valence-electron chi connectivity index (χ1n) is 5.50. The number of nitrogens with two attached hydrogens (primary N) is 1. The molecule has 0 saturated heterocycles. The monoisotopic (exact) mass is 279 g/mol. The highest BCUT2D eigenvalue weighted by Crippen LogP contribution is 2.16. The summed E-state index contributed by atoms with van der Waals surface area (Å²) in [6, 6.07) is 7.58. The Bertz CT molecular complexity index is 619. The molecule has 6 heteroatoms. The number of hydrogen-bond donors (Lipinski definition) is 2. The Morgan fingerprint density at radius 2 is 2.16 bits per heavy atom. The van der Waals surface area contributed by atoms with Gasteiger partial charge in [0, 0.05) is 18.3 Å². The number of halogens is 2. The zero-order valence-corrected chi connectivity index (χ0v) is 10.6. The normalized spacial score (nSPS) is 10.2. The first-order valence-corrected chi connectivity index (χ1v) is 5.88. The van der Waals surface area contributed by atoms with Gasteiger partial charge in [-0.2, -0.15) is 0 Å². The molecule has 0 unspecified atom stereocenters. The lowest BCUT2D eigenvalue weighted by atomic mass is 10.2. The van der Waals surface area contributed by atoms with Crippen LogP contribution < -0.4 is 11.1 Å². The largest absolute Gasteiger partial charge is 0.384 e. The average molecular weight is 280 g/mol. The summed E-state index contributed by atoms with van der Waals surface area (Å²) >= 11 is 5.85. The molecule has 3 N–H and O–H groups in total. The van der Waals surface area contributed by atoms with Crippen LogP contribution in [0.1, 0.15) is 15.9 Å². The Hall–Kier alpha value is -2.14. The van der Waals surface area contributed by atoms with Crippen molar-refractivity contribution < 1.29 is 9.18 Å². The molecular formula is C13H11ClFN3O. The highest BCUT2D eigenvalue weighted by molar-refractivity contribution is 6.33. The molecule has 0 bridgehead atoms. The van der Waals surface area contributed by atoms with Gasteiger partial charge in [-0.3, -0.25) is 4.79 Å². The molecule has 0 saturated carbocycles. The SMILES string of the molecule is Nc1cc(C(=O)NCc2ccccc2F)c(Cl)cn1. The van der Waals surface area contributed by atoms with Crippen molar-refractivity contribution in [2.45, 2.75) is 6.54 Å². The molecule has 0 spiro atoms. The number of nitrogen functional groups attached to an aromatic ring is 1. The van der Waals surface area contributed by atoms with Gasteiger partial charge in [0.25, 0.3) is 5.91 Å². The standard InChI is InChI=1S/C13H11ClFN3O/c14-10-7-17-12(16)5-9(10)13(19)18-6-8-3-1-2-4-11(8)15/h1-5,7H,6H2,(H2,16,17)(H,18,19). The van der Waals surface area contributed by atoms with E-state index in [4.69, 9.17) is 17.3 Å². The molecule has 1 heterocycles. The fraction of sp³-hybridized carbons (Fsp3) is 0.0769. The van der Waals surface area contributed by atoms with Crippen LogP contribution in [0.4, 0.5) is 10.2 Å². The number of hydrogen-bond acceptors (Lipinski definition) is 3. The minimum atomic E-state index is -0.428. The molecule has 98 valence electrons. The highest BCUT2D eigenvalue weighted by Gasteiger charge is 2.11. The predicted octanol–water partition coefficient (Wildman–Crippen LogP) is 2.39. The average Bonchev–Trinajstić information content (AvgIpc) is 2.40. The summed E-state index contributed by atoms with van der Waals surface area (Å²) in [5.41, 5.74) is 6.10. The van der Waals surface area contributed by atoms with E-state index in [1.54, 1.807) is 18.2 Å². The van der Waals surface area contributed by atoms with E-state index in [2.05, 4.69) is 10.3 Å². The number of nitrogens with zero attached hydrogens (tertiary/aromatic N) is 1. The van der Waals surface area contributed by atoms with E-state index in [-0.39, 0.29) is 28.8 Å². The van der Waals surface area contributed by atoms with E-state index in [1.165, 1.54) is 18.3 Å². The minimum Gasteiger partial charge on any atom is -0.384 e. The number of benzene rings is 1. The van der Waals surface area contributed by atoms with Crippen LogP contribution in [0.25, 0.3) is 0 Å². The maximum atomic E-state index is 13.4. The molecular weight excluding hydrogens is 269 g/mol. The number of carbonyl (C=O) groups excluding carboxylic acids is 1. The van der Waals surface area contributed by atoms with Gasteiger partial charge in [-0.25, -0.2) is 9.37 Å². The van der Waals surface area contributed by atoms with Gasteiger partial charge in [-0.1, -0.05) is 29.8 Å². The highest BCUT2D eigenvalue weighted by atomic mass is 35.5. The van der Waals surface area contributed by atoms with Gasteiger partial charge in [-0.15, -0.1) is 0 Å². The number of rotatable bonds is 3. The maximum absolute atomic E-state index is 13.4. The van der Waals surface area contributed by atoms with E-state index in [0.717, 1.165) is 0 Å². The quantitative estimate of drug-likeness (QED) is 0.906. The molecule has 1 amide bonds. The summed E-state index contributed by atoms with van der Waals surface area (Å²) in [5.74, 6) is -0.606. The van der Waals surface area contributed by atoms with E-state index in [1.807, 2.05) is 0 Å². The van der Waals surface area contributed by atoms with Crippen molar-refractivity contribution in [3.8, 4) is 0 Å². The first kappa shape index (κ1) is 13.3. The third kappa shape index (κ3) is 3.20. The summed E-state index contributed by atoms with van der Waals surface area (Å²) in [5, 5.41) is 2.77. The Labute approximate surface area is 114 Å². The second-order valence-electron chi connectivity index (χ2n) is 3.86. The van der Waals surface area contributed by atoms with E-state index >= 15 is 0 Å². The van der Waals surface area contributed by atoms with Gasteiger partial charge in [-0.05, 0) is 12.1 Å². The Morgan fingerprint density at radius 1 is 1.42 bits per heavy atom. The van der Waals surface area contributed by atoms with E-state index in [0.29, 0.717) is 5.56 Å².